The van der Waals surface area contributed by atoms with E-state index in [-0.39, 0.29) is 5.41 Å². The zero-order chi connectivity index (χ0) is 29.8. The van der Waals surface area contributed by atoms with Crippen molar-refractivity contribution in [3.63, 3.8) is 0 Å². The first-order valence-electron chi connectivity index (χ1n) is 15.2. The Morgan fingerprint density at radius 2 is 1.11 bits per heavy atom. The van der Waals surface area contributed by atoms with Crippen molar-refractivity contribution in [2.75, 3.05) is 12.0 Å². The highest BCUT2D eigenvalue weighted by molar-refractivity contribution is 6.11. The Bertz CT molecular complexity index is 2190. The monoisotopic (exact) mass is 567 g/mol. The van der Waals surface area contributed by atoms with Gasteiger partial charge in [0.1, 0.15) is 5.75 Å². The van der Waals surface area contributed by atoms with Crippen LogP contribution in [-0.2, 0) is 5.41 Å². The van der Waals surface area contributed by atoms with Gasteiger partial charge in [0, 0.05) is 22.4 Å². The van der Waals surface area contributed by atoms with Crippen LogP contribution in [0.2, 0.25) is 0 Å². The van der Waals surface area contributed by atoms with Crippen molar-refractivity contribution in [3.8, 4) is 28.0 Å². The highest BCUT2D eigenvalue weighted by Crippen LogP contribution is 2.52. The Hall–Kier alpha value is -5.34. The first-order valence-corrected chi connectivity index (χ1v) is 15.2. The van der Waals surface area contributed by atoms with E-state index in [9.17, 15) is 0 Å². The topological polar surface area (TPSA) is 12.5 Å². The second kappa shape index (κ2) is 10.1. The van der Waals surface area contributed by atoms with Gasteiger partial charge in [-0.1, -0.05) is 117 Å². The smallest absolute Gasteiger partial charge is 0.119 e. The molecule has 0 aromatic heterocycles. The lowest BCUT2D eigenvalue weighted by Crippen LogP contribution is -2.17. The Balaban J connectivity index is 1.43. The lowest BCUT2D eigenvalue weighted by atomic mass is 9.82. The first-order chi connectivity index (χ1) is 21.5. The van der Waals surface area contributed by atoms with Crippen LogP contribution < -0.4 is 9.64 Å². The molecule has 0 radical (unpaired) electrons. The maximum atomic E-state index is 5.56. The van der Waals surface area contributed by atoms with Crippen molar-refractivity contribution < 1.29 is 4.74 Å². The Morgan fingerprint density at radius 1 is 0.500 bits per heavy atom. The lowest BCUT2D eigenvalue weighted by molar-refractivity contribution is 0.415. The number of nitrogens with zero attached hydrogens (tertiary/aromatic N) is 1. The van der Waals surface area contributed by atoms with Crippen molar-refractivity contribution in [2.45, 2.75) is 19.3 Å². The van der Waals surface area contributed by atoms with Gasteiger partial charge in [-0.3, -0.25) is 0 Å². The van der Waals surface area contributed by atoms with Gasteiger partial charge in [-0.15, -0.1) is 0 Å². The van der Waals surface area contributed by atoms with E-state index in [0.717, 1.165) is 22.8 Å². The maximum Gasteiger partial charge on any atom is 0.119 e. The van der Waals surface area contributed by atoms with Gasteiger partial charge in [0.25, 0.3) is 0 Å². The molecule has 0 unspecified atom stereocenters. The minimum atomic E-state index is -0.102. The van der Waals surface area contributed by atoms with Crippen molar-refractivity contribution in [2.24, 2.45) is 0 Å². The summed E-state index contributed by atoms with van der Waals surface area (Å²) in [7, 11) is 1.72. The van der Waals surface area contributed by atoms with E-state index in [1.807, 2.05) is 12.1 Å². The van der Waals surface area contributed by atoms with Crippen LogP contribution in [-0.4, -0.2) is 7.11 Å². The molecule has 0 amide bonds. The van der Waals surface area contributed by atoms with Crippen LogP contribution in [0.4, 0.5) is 17.1 Å². The molecule has 0 fully saturated rings. The molecule has 2 heteroatoms. The van der Waals surface area contributed by atoms with Crippen LogP contribution in [0.15, 0.2) is 146 Å². The van der Waals surface area contributed by atoms with Gasteiger partial charge in [0.2, 0.25) is 0 Å². The molecular weight excluding hydrogens is 534 g/mol. The molecule has 0 bridgehead atoms. The van der Waals surface area contributed by atoms with Crippen LogP contribution in [0.5, 0.6) is 5.75 Å². The lowest BCUT2D eigenvalue weighted by Gasteiger charge is -2.30. The summed E-state index contributed by atoms with van der Waals surface area (Å²) in [5.74, 6) is 0.840. The number of methoxy groups -OCH3 is 1. The molecule has 8 rings (SSSR count). The van der Waals surface area contributed by atoms with Gasteiger partial charge in [0.15, 0.2) is 0 Å². The molecular formula is C42H33NO. The fraction of sp³-hybridized carbons (Fsp3) is 0.0952. The third-order valence-electron chi connectivity index (χ3n) is 9.36. The minimum Gasteiger partial charge on any atom is -0.497 e. The summed E-state index contributed by atoms with van der Waals surface area (Å²) in [6.45, 7) is 4.69. The van der Waals surface area contributed by atoms with Crippen LogP contribution in [0.1, 0.15) is 25.0 Å². The van der Waals surface area contributed by atoms with Crippen LogP contribution in [0.25, 0.3) is 43.8 Å². The predicted molar refractivity (Wildman–Crippen MR) is 186 cm³/mol. The Morgan fingerprint density at radius 3 is 1.91 bits per heavy atom. The van der Waals surface area contributed by atoms with Crippen LogP contribution in [0, 0.1) is 0 Å². The quantitative estimate of drug-likeness (QED) is 0.205. The number of ether oxygens (including phenoxy) is 1. The molecule has 1 aliphatic rings. The van der Waals surface area contributed by atoms with E-state index in [1.165, 1.54) is 54.9 Å². The van der Waals surface area contributed by atoms with Crippen LogP contribution >= 0.6 is 0 Å². The molecule has 0 heterocycles. The molecule has 0 N–H and O–H groups in total. The van der Waals surface area contributed by atoms with E-state index in [0.29, 0.717) is 0 Å². The zero-order valence-corrected chi connectivity index (χ0v) is 25.2. The zero-order valence-electron chi connectivity index (χ0n) is 25.2. The largest absolute Gasteiger partial charge is 0.497 e. The van der Waals surface area contributed by atoms with Gasteiger partial charge in [-0.05, 0) is 91.8 Å². The number of hydrogen-bond acceptors (Lipinski definition) is 2. The molecule has 1 aliphatic carbocycles. The normalized spacial score (nSPS) is 13.1. The number of fused-ring (bicyclic) bond motifs is 5. The van der Waals surface area contributed by atoms with Gasteiger partial charge in [-0.25, -0.2) is 0 Å². The second-order valence-corrected chi connectivity index (χ2v) is 12.1. The van der Waals surface area contributed by atoms with Gasteiger partial charge in [-0.2, -0.15) is 0 Å². The van der Waals surface area contributed by atoms with E-state index in [1.54, 1.807) is 7.11 Å². The molecule has 0 saturated heterocycles. The molecule has 0 saturated carbocycles. The molecule has 0 aliphatic heterocycles. The van der Waals surface area contributed by atoms with Gasteiger partial charge in [0.05, 0.1) is 12.8 Å². The van der Waals surface area contributed by atoms with Crippen molar-refractivity contribution in [1.29, 1.82) is 0 Å². The van der Waals surface area contributed by atoms with E-state index < -0.39 is 0 Å². The summed E-state index contributed by atoms with van der Waals surface area (Å²) in [6, 6.07) is 52.9. The molecule has 44 heavy (non-hydrogen) atoms. The van der Waals surface area contributed by atoms with E-state index in [4.69, 9.17) is 4.74 Å². The number of rotatable bonds is 5. The second-order valence-electron chi connectivity index (χ2n) is 12.1. The summed E-state index contributed by atoms with van der Waals surface area (Å²) in [5, 5.41) is 4.93. The van der Waals surface area contributed by atoms with Crippen LogP contribution in [0.3, 0.4) is 0 Å². The van der Waals surface area contributed by atoms with Gasteiger partial charge < -0.3 is 9.64 Å². The highest BCUT2D eigenvalue weighted by Gasteiger charge is 2.36. The fourth-order valence-electron chi connectivity index (χ4n) is 7.16. The van der Waals surface area contributed by atoms with Crippen molar-refractivity contribution in [3.05, 3.63) is 157 Å². The Kier molecular flexibility index (Phi) is 6.06. The summed E-state index contributed by atoms with van der Waals surface area (Å²) < 4.78 is 5.56. The third kappa shape index (κ3) is 4.02. The molecule has 212 valence electrons. The number of hydrogen-bond donors (Lipinski definition) is 0. The predicted octanol–water partition coefficient (Wildman–Crippen LogP) is 11.4. The Labute approximate surface area is 258 Å². The number of benzene rings is 7. The summed E-state index contributed by atoms with van der Waals surface area (Å²) in [5.41, 5.74) is 11.1. The minimum absolute atomic E-state index is 0.102. The molecule has 0 atom stereocenters. The van der Waals surface area contributed by atoms with E-state index in [2.05, 4.69) is 152 Å². The standard InChI is InChI=1S/C42H33NO/c1-42(2)38-18-9-8-16-35(38)36-25-22-31(27-39(36)42)43(30-20-23-32(44-3)24-21-30)40-26-19-29-12-5-7-15-34(29)41(40)37-17-10-13-28-11-4-6-14-33(28)37/h4-27H,1-3H3. The fourth-order valence-corrected chi connectivity index (χ4v) is 7.16. The van der Waals surface area contributed by atoms with Gasteiger partial charge >= 0.3 is 0 Å². The molecule has 7 aromatic rings. The maximum absolute atomic E-state index is 5.56. The number of anilines is 3. The summed E-state index contributed by atoms with van der Waals surface area (Å²) in [4.78, 5) is 2.42. The SMILES string of the molecule is COc1ccc(N(c2ccc3c(c2)C(C)(C)c2ccccc2-3)c2ccc3ccccc3c2-c2cccc3ccccc23)cc1. The first kappa shape index (κ1) is 26.3. The molecule has 7 aromatic carbocycles. The van der Waals surface area contributed by atoms with E-state index >= 15 is 0 Å². The highest BCUT2D eigenvalue weighted by atomic mass is 16.5. The van der Waals surface area contributed by atoms with Crippen molar-refractivity contribution >= 4 is 38.6 Å². The average Bonchev–Trinajstić information content (AvgIpc) is 3.30. The molecule has 0 spiro atoms. The third-order valence-corrected chi connectivity index (χ3v) is 9.36. The molecule has 2 nitrogen and oxygen atoms in total. The summed E-state index contributed by atoms with van der Waals surface area (Å²) in [6.07, 6.45) is 0. The van der Waals surface area contributed by atoms with Crippen molar-refractivity contribution in [1.82, 2.24) is 0 Å². The summed E-state index contributed by atoms with van der Waals surface area (Å²) >= 11 is 0. The average molecular weight is 568 g/mol.